The van der Waals surface area contributed by atoms with Crippen molar-refractivity contribution in [2.24, 2.45) is 6.98 Å². The number of aryl methyl sites for hydroxylation is 1. The SMILES string of the molecule is [2H]C([2H])([2H])[n+]1[c-]n(-c2[c-]c(-n3c4ccccc4c4c3nc(-c3cc(C(C)(C)C)cc(C(C)(C)C)c3O)n4-c3ccc(C(C)(C)C)cc3-c3ccccc3)cc(C(C)(C)C)c2)cc1.[Pt+2]. The van der Waals surface area contributed by atoms with Crippen molar-refractivity contribution in [3.05, 3.63) is 144 Å². The first-order valence-corrected chi connectivity index (χ1v) is 20.5. The molecule has 0 saturated heterocycles. The summed E-state index contributed by atoms with van der Waals surface area (Å²) in [5, 5.41) is 13.6. The van der Waals surface area contributed by atoms with E-state index < -0.39 is 6.98 Å². The second kappa shape index (κ2) is 15.1. The van der Waals surface area contributed by atoms with Gasteiger partial charge in [-0.25, -0.2) is 4.98 Å². The predicted molar refractivity (Wildman–Crippen MR) is 243 cm³/mol. The summed E-state index contributed by atoms with van der Waals surface area (Å²) in [6.45, 7) is 23.8. The molecule has 6 nitrogen and oxygen atoms in total. The van der Waals surface area contributed by atoms with E-state index in [1.165, 1.54) is 11.8 Å². The van der Waals surface area contributed by atoms with Crippen LogP contribution in [0, 0.1) is 12.4 Å². The number of aromatic nitrogens is 5. The monoisotopic (exact) mass is 978 g/mol. The van der Waals surface area contributed by atoms with Crippen LogP contribution in [0.2, 0.25) is 0 Å². The van der Waals surface area contributed by atoms with Gasteiger partial charge in [-0.1, -0.05) is 155 Å². The number of para-hydroxylation sites is 1. The van der Waals surface area contributed by atoms with Gasteiger partial charge in [0, 0.05) is 28.9 Å². The molecular formula is C53H58N5OPt+. The maximum Gasteiger partial charge on any atom is 2.00 e. The van der Waals surface area contributed by atoms with Crippen molar-refractivity contribution < 1.29 is 34.9 Å². The number of phenols is 1. The summed E-state index contributed by atoms with van der Waals surface area (Å²) in [5.41, 5.74) is 10.8. The standard InChI is InChI=1S/C53H58N5O.Pt/c1-50(2,3)35-23-24-45(41(29-35)34-19-15-14-16-20-34)58-46-40-21-17-18-22-44(40)57(39-28-36(51(4,5)6)27-38(32-39)56-26-25-55(13)33-56)49(46)54-48(58)42-30-37(52(7,8)9)31-43(47(42)59)53(10,11)12;/h14-31,59H,1-13H3;/q-1;+2/i13D3;. The second-order valence-electron chi connectivity index (χ2n) is 20.1. The molecule has 8 rings (SSSR count). The normalized spacial score (nSPS) is 13.6. The molecule has 7 heteroatoms. The van der Waals surface area contributed by atoms with Crippen LogP contribution >= 0.6 is 0 Å². The molecule has 5 aromatic carbocycles. The quantitative estimate of drug-likeness (QED) is 0.138. The molecule has 0 bridgehead atoms. The molecule has 0 saturated carbocycles. The van der Waals surface area contributed by atoms with Gasteiger partial charge in [-0.3, -0.25) is 4.57 Å². The molecule has 8 aromatic rings. The van der Waals surface area contributed by atoms with Crippen LogP contribution in [0.1, 0.15) is 109 Å². The predicted octanol–water partition coefficient (Wildman–Crippen LogP) is 12.4. The summed E-state index contributed by atoms with van der Waals surface area (Å²) >= 11 is 0. The van der Waals surface area contributed by atoms with Gasteiger partial charge in [-0.05, 0) is 62.6 Å². The summed E-state index contributed by atoms with van der Waals surface area (Å²) < 4.78 is 31.3. The van der Waals surface area contributed by atoms with E-state index in [9.17, 15) is 5.11 Å². The number of aromatic hydroxyl groups is 1. The fourth-order valence-electron chi connectivity index (χ4n) is 7.98. The third-order valence-corrected chi connectivity index (χ3v) is 11.5. The summed E-state index contributed by atoms with van der Waals surface area (Å²) in [5.74, 6) is 0.825. The van der Waals surface area contributed by atoms with Crippen molar-refractivity contribution in [1.29, 1.82) is 0 Å². The van der Waals surface area contributed by atoms with Crippen LogP contribution in [-0.2, 0) is 49.7 Å². The van der Waals surface area contributed by atoms with Crippen LogP contribution in [-0.4, -0.2) is 23.8 Å². The molecule has 0 unspecified atom stereocenters. The van der Waals surface area contributed by atoms with Gasteiger partial charge in [-0.15, -0.1) is 6.07 Å². The van der Waals surface area contributed by atoms with Crippen molar-refractivity contribution in [1.82, 2.24) is 18.7 Å². The number of rotatable bonds is 5. The molecule has 3 aromatic heterocycles. The molecule has 0 spiro atoms. The Balaban J connectivity index is 0.00000595. The Labute approximate surface area is 375 Å². The maximum atomic E-state index is 12.6. The number of benzene rings is 5. The van der Waals surface area contributed by atoms with Gasteiger partial charge in [-0.2, -0.15) is 17.7 Å². The topological polar surface area (TPSA) is 51.8 Å². The summed E-state index contributed by atoms with van der Waals surface area (Å²) in [7, 11) is 0. The average Bonchev–Trinajstić information content (AvgIpc) is 3.91. The van der Waals surface area contributed by atoms with E-state index >= 15 is 0 Å². The van der Waals surface area contributed by atoms with Crippen molar-refractivity contribution in [3.8, 4) is 45.3 Å². The van der Waals surface area contributed by atoms with Crippen molar-refractivity contribution in [3.63, 3.8) is 0 Å². The molecule has 0 radical (unpaired) electrons. The molecule has 0 aliphatic rings. The number of hydrogen-bond donors (Lipinski definition) is 1. The first-order chi connectivity index (χ1) is 28.8. The first-order valence-electron chi connectivity index (χ1n) is 22.0. The van der Waals surface area contributed by atoms with Gasteiger partial charge in [0.2, 0.25) is 6.33 Å². The van der Waals surface area contributed by atoms with Crippen molar-refractivity contribution >= 4 is 22.1 Å². The Morgan fingerprint density at radius 1 is 0.650 bits per heavy atom. The maximum absolute atomic E-state index is 12.6. The molecule has 3 heterocycles. The van der Waals surface area contributed by atoms with E-state index in [1.54, 1.807) is 10.8 Å². The summed E-state index contributed by atoms with van der Waals surface area (Å²) in [6, 6.07) is 37.7. The minimum absolute atomic E-state index is 0. The fraction of sp³-hybridized carbons (Fsp3) is 0.321. The molecule has 1 N–H and O–H groups in total. The molecule has 0 amide bonds. The third kappa shape index (κ3) is 7.69. The minimum atomic E-state index is -2.38. The summed E-state index contributed by atoms with van der Waals surface area (Å²) in [4.78, 5) is 5.67. The number of phenolic OH excluding ortho intramolecular Hbond substituents is 1. The van der Waals surface area contributed by atoms with Gasteiger partial charge >= 0.3 is 21.1 Å². The molecule has 0 fully saturated rings. The zero-order chi connectivity index (χ0) is 44.9. The Morgan fingerprint density at radius 3 is 1.90 bits per heavy atom. The second-order valence-corrected chi connectivity index (χ2v) is 20.1. The fourth-order valence-corrected chi connectivity index (χ4v) is 7.98. The average molecular weight is 979 g/mol. The van der Waals surface area contributed by atoms with Gasteiger partial charge in [0.1, 0.15) is 11.3 Å². The van der Waals surface area contributed by atoms with Crippen LogP contribution < -0.4 is 4.57 Å². The Morgan fingerprint density at radius 2 is 1.27 bits per heavy atom. The van der Waals surface area contributed by atoms with Gasteiger partial charge in [0.25, 0.3) is 0 Å². The van der Waals surface area contributed by atoms with Gasteiger partial charge < -0.3 is 18.8 Å². The van der Waals surface area contributed by atoms with Crippen LogP contribution in [0.25, 0.3) is 61.6 Å². The third-order valence-electron chi connectivity index (χ3n) is 11.5. The summed E-state index contributed by atoms with van der Waals surface area (Å²) in [6.07, 6.45) is 6.23. The number of hydrogen-bond acceptors (Lipinski definition) is 2. The van der Waals surface area contributed by atoms with Gasteiger partial charge in [0.15, 0.2) is 11.5 Å². The van der Waals surface area contributed by atoms with E-state index in [4.69, 9.17) is 9.10 Å². The largest absolute Gasteiger partial charge is 2.00 e. The number of nitrogens with zero attached hydrogens (tertiary/aromatic N) is 5. The molecule has 310 valence electrons. The molecule has 0 aliphatic carbocycles. The smallest absolute Gasteiger partial charge is 0.507 e. The number of fused-ring (bicyclic) bond motifs is 3. The molecule has 0 aliphatic heterocycles. The van der Waals surface area contributed by atoms with E-state index in [0.717, 1.165) is 60.2 Å². The Bertz CT molecular complexity index is 3000. The van der Waals surface area contributed by atoms with Crippen LogP contribution in [0.4, 0.5) is 0 Å². The molecule has 60 heavy (non-hydrogen) atoms. The van der Waals surface area contributed by atoms with Crippen LogP contribution in [0.5, 0.6) is 5.75 Å². The van der Waals surface area contributed by atoms with Crippen molar-refractivity contribution in [2.45, 2.75) is 105 Å². The first kappa shape index (κ1) is 39.0. The minimum Gasteiger partial charge on any atom is -0.507 e. The Kier molecular flexibility index (Phi) is 9.78. The molecular weight excluding hydrogens is 918 g/mol. The molecule has 0 atom stereocenters. The zero-order valence-electron chi connectivity index (χ0n) is 39.9. The van der Waals surface area contributed by atoms with Gasteiger partial charge in [0.05, 0.1) is 27.9 Å². The number of imidazole rings is 2. The van der Waals surface area contributed by atoms with Crippen LogP contribution in [0.15, 0.2) is 109 Å². The Hall–Kier alpha value is -5.19. The van der Waals surface area contributed by atoms with E-state index in [2.05, 4.69) is 183 Å². The van der Waals surface area contributed by atoms with E-state index in [-0.39, 0.29) is 48.5 Å². The zero-order valence-corrected chi connectivity index (χ0v) is 39.2. The van der Waals surface area contributed by atoms with Crippen LogP contribution in [0.3, 0.4) is 0 Å². The van der Waals surface area contributed by atoms with Crippen molar-refractivity contribution in [2.75, 3.05) is 0 Å². The van der Waals surface area contributed by atoms with E-state index in [1.807, 2.05) is 18.2 Å². The van der Waals surface area contributed by atoms with E-state index in [0.29, 0.717) is 22.7 Å².